The van der Waals surface area contributed by atoms with Gasteiger partial charge in [0.25, 0.3) is 5.91 Å². The molecule has 0 aliphatic carbocycles. The summed E-state index contributed by atoms with van der Waals surface area (Å²) < 4.78 is 12.3. The van der Waals surface area contributed by atoms with Crippen LogP contribution in [0.15, 0.2) is 23.6 Å². The molecule has 1 N–H and O–H groups in total. The quantitative estimate of drug-likeness (QED) is 0.760. The molecule has 0 aliphatic heterocycles. The first-order chi connectivity index (χ1) is 10.6. The molecule has 0 unspecified atom stereocenters. The first-order valence-corrected chi connectivity index (χ1v) is 8.10. The fourth-order valence-electron chi connectivity index (χ4n) is 2.21. The Hall–Kier alpha value is -1.63. The van der Waals surface area contributed by atoms with E-state index in [1.165, 1.54) is 0 Å². The molecule has 5 nitrogen and oxygen atoms in total. The molecular formula is C16H22N2O3S. The van der Waals surface area contributed by atoms with Crippen LogP contribution < -0.4 is 5.32 Å². The van der Waals surface area contributed by atoms with Gasteiger partial charge in [-0.2, -0.15) is 0 Å². The minimum atomic E-state index is -0.0703. The van der Waals surface area contributed by atoms with Crippen LogP contribution in [0.3, 0.4) is 0 Å². The SMILES string of the molecule is COCCOCCNC(=O)c1ccsc1-n1c(C)ccc1C. The monoisotopic (exact) mass is 322 g/mol. The van der Waals surface area contributed by atoms with Crippen LogP contribution in [0.5, 0.6) is 0 Å². The number of amides is 1. The van der Waals surface area contributed by atoms with Crippen molar-refractivity contribution in [3.05, 3.63) is 40.5 Å². The third-order valence-corrected chi connectivity index (χ3v) is 4.23. The van der Waals surface area contributed by atoms with Gasteiger partial charge in [0.2, 0.25) is 0 Å². The van der Waals surface area contributed by atoms with Gasteiger partial charge in [-0.1, -0.05) is 0 Å². The highest BCUT2D eigenvalue weighted by molar-refractivity contribution is 7.13. The van der Waals surface area contributed by atoms with Crippen molar-refractivity contribution in [2.24, 2.45) is 0 Å². The average Bonchev–Trinajstić information content (AvgIpc) is 3.09. The predicted molar refractivity (Wildman–Crippen MR) is 88.1 cm³/mol. The summed E-state index contributed by atoms with van der Waals surface area (Å²) in [5.41, 5.74) is 2.94. The summed E-state index contributed by atoms with van der Waals surface area (Å²) in [7, 11) is 1.63. The van der Waals surface area contributed by atoms with Gasteiger partial charge in [0.05, 0.1) is 25.4 Å². The maximum atomic E-state index is 12.3. The van der Waals surface area contributed by atoms with Crippen LogP contribution in [0.1, 0.15) is 21.7 Å². The Morgan fingerprint density at radius 2 is 1.91 bits per heavy atom. The molecule has 0 aromatic carbocycles. The van der Waals surface area contributed by atoms with E-state index in [-0.39, 0.29) is 5.91 Å². The lowest BCUT2D eigenvalue weighted by Gasteiger charge is -2.10. The zero-order valence-corrected chi connectivity index (χ0v) is 14.0. The number of nitrogens with zero attached hydrogens (tertiary/aromatic N) is 1. The van der Waals surface area contributed by atoms with Gasteiger partial charge in [-0.25, -0.2) is 0 Å². The average molecular weight is 322 g/mol. The van der Waals surface area contributed by atoms with Crippen molar-refractivity contribution in [3.63, 3.8) is 0 Å². The van der Waals surface area contributed by atoms with Crippen LogP contribution >= 0.6 is 11.3 Å². The molecule has 22 heavy (non-hydrogen) atoms. The third-order valence-electron chi connectivity index (χ3n) is 3.33. The summed E-state index contributed by atoms with van der Waals surface area (Å²) in [6.45, 7) is 6.15. The lowest BCUT2D eigenvalue weighted by atomic mass is 10.3. The third kappa shape index (κ3) is 3.97. The Morgan fingerprint density at radius 1 is 1.18 bits per heavy atom. The highest BCUT2D eigenvalue weighted by Gasteiger charge is 2.16. The molecule has 120 valence electrons. The summed E-state index contributed by atoms with van der Waals surface area (Å²) in [5, 5.41) is 5.79. The van der Waals surface area contributed by atoms with Crippen LogP contribution in [0.25, 0.3) is 5.00 Å². The molecule has 0 saturated carbocycles. The van der Waals surface area contributed by atoms with Gasteiger partial charge < -0.3 is 19.4 Å². The molecule has 0 saturated heterocycles. The molecule has 1 amide bonds. The number of ether oxygens (including phenoxy) is 2. The lowest BCUT2D eigenvalue weighted by Crippen LogP contribution is -2.28. The van der Waals surface area contributed by atoms with E-state index in [0.29, 0.717) is 31.9 Å². The maximum Gasteiger partial charge on any atom is 0.254 e. The maximum absolute atomic E-state index is 12.3. The Labute approximate surface area is 134 Å². The van der Waals surface area contributed by atoms with E-state index in [1.807, 2.05) is 25.3 Å². The number of hydrogen-bond acceptors (Lipinski definition) is 4. The lowest BCUT2D eigenvalue weighted by molar-refractivity contribution is 0.0693. The fraction of sp³-hybridized carbons (Fsp3) is 0.438. The second-order valence-corrected chi connectivity index (χ2v) is 5.85. The highest BCUT2D eigenvalue weighted by Crippen LogP contribution is 2.25. The summed E-state index contributed by atoms with van der Waals surface area (Å²) in [6, 6.07) is 5.97. The van der Waals surface area contributed by atoms with Crippen molar-refractivity contribution >= 4 is 17.2 Å². The van der Waals surface area contributed by atoms with E-state index in [9.17, 15) is 4.79 Å². The first kappa shape index (κ1) is 16.7. The van der Waals surface area contributed by atoms with Gasteiger partial charge in [0.15, 0.2) is 0 Å². The van der Waals surface area contributed by atoms with Crippen LogP contribution in [0, 0.1) is 13.8 Å². The molecule has 2 aromatic heterocycles. The predicted octanol–water partition coefficient (Wildman–Crippen LogP) is 2.55. The number of aromatic nitrogens is 1. The molecule has 0 fully saturated rings. The molecule has 0 aliphatic rings. The number of carbonyl (C=O) groups excluding carboxylic acids is 1. The molecule has 0 atom stereocenters. The molecule has 2 aromatic rings. The van der Waals surface area contributed by atoms with Crippen molar-refractivity contribution in [1.82, 2.24) is 9.88 Å². The Bertz CT molecular complexity index is 599. The van der Waals surface area contributed by atoms with Crippen LogP contribution in [0.2, 0.25) is 0 Å². The van der Waals surface area contributed by atoms with E-state index in [1.54, 1.807) is 18.4 Å². The van der Waals surface area contributed by atoms with E-state index >= 15 is 0 Å². The van der Waals surface area contributed by atoms with Gasteiger partial charge >= 0.3 is 0 Å². The molecule has 0 spiro atoms. The number of methoxy groups -OCH3 is 1. The fourth-order valence-corrected chi connectivity index (χ4v) is 3.23. The van der Waals surface area contributed by atoms with Crippen LogP contribution in [0.4, 0.5) is 0 Å². The zero-order chi connectivity index (χ0) is 15.9. The van der Waals surface area contributed by atoms with Crippen molar-refractivity contribution < 1.29 is 14.3 Å². The van der Waals surface area contributed by atoms with Gasteiger partial charge in [0, 0.05) is 25.0 Å². The molecule has 0 radical (unpaired) electrons. The Balaban J connectivity index is 1.96. The second-order valence-electron chi connectivity index (χ2n) is 4.95. The van der Waals surface area contributed by atoms with E-state index in [4.69, 9.17) is 9.47 Å². The van der Waals surface area contributed by atoms with Gasteiger partial charge in [-0.15, -0.1) is 11.3 Å². The van der Waals surface area contributed by atoms with Crippen LogP contribution in [-0.2, 0) is 9.47 Å². The number of nitrogens with one attached hydrogen (secondary N) is 1. The smallest absolute Gasteiger partial charge is 0.254 e. The van der Waals surface area contributed by atoms with Crippen molar-refractivity contribution in [2.75, 3.05) is 33.5 Å². The van der Waals surface area contributed by atoms with E-state index in [0.717, 1.165) is 16.4 Å². The topological polar surface area (TPSA) is 52.5 Å². The molecule has 6 heteroatoms. The minimum Gasteiger partial charge on any atom is -0.382 e. The largest absolute Gasteiger partial charge is 0.382 e. The molecule has 0 bridgehead atoms. The van der Waals surface area contributed by atoms with Crippen molar-refractivity contribution in [1.29, 1.82) is 0 Å². The summed E-state index contributed by atoms with van der Waals surface area (Å²) in [4.78, 5) is 12.3. The molecule has 2 heterocycles. The minimum absolute atomic E-state index is 0.0703. The van der Waals surface area contributed by atoms with Crippen molar-refractivity contribution in [3.8, 4) is 5.00 Å². The first-order valence-electron chi connectivity index (χ1n) is 7.23. The Morgan fingerprint density at radius 3 is 2.59 bits per heavy atom. The van der Waals surface area contributed by atoms with Gasteiger partial charge in [0.1, 0.15) is 5.00 Å². The van der Waals surface area contributed by atoms with E-state index in [2.05, 4.69) is 22.0 Å². The molecule has 2 rings (SSSR count). The molecular weight excluding hydrogens is 300 g/mol. The summed E-state index contributed by atoms with van der Waals surface area (Å²) >= 11 is 1.57. The highest BCUT2D eigenvalue weighted by atomic mass is 32.1. The number of rotatable bonds is 8. The standard InChI is InChI=1S/C16H22N2O3S/c1-12-4-5-13(2)18(12)16-14(6-11-22-16)15(19)17-7-8-21-10-9-20-3/h4-6,11H,7-10H2,1-3H3,(H,17,19). The number of aryl methyl sites for hydroxylation is 2. The number of thiophene rings is 1. The van der Waals surface area contributed by atoms with Crippen LogP contribution in [-0.4, -0.2) is 43.9 Å². The van der Waals surface area contributed by atoms with Crippen molar-refractivity contribution in [2.45, 2.75) is 13.8 Å². The summed E-state index contributed by atoms with van der Waals surface area (Å²) in [5.74, 6) is -0.0703. The summed E-state index contributed by atoms with van der Waals surface area (Å²) in [6.07, 6.45) is 0. The normalized spacial score (nSPS) is 10.9. The Kier molecular flexibility index (Phi) is 6.18. The van der Waals surface area contributed by atoms with E-state index < -0.39 is 0 Å². The zero-order valence-electron chi connectivity index (χ0n) is 13.2. The number of hydrogen-bond donors (Lipinski definition) is 1. The number of carbonyl (C=O) groups is 1. The second kappa shape index (κ2) is 8.12. The van der Waals surface area contributed by atoms with Gasteiger partial charge in [-0.3, -0.25) is 4.79 Å². The van der Waals surface area contributed by atoms with Gasteiger partial charge in [-0.05, 0) is 37.4 Å².